The van der Waals surface area contributed by atoms with E-state index in [1.807, 2.05) is 36.0 Å². The number of hydrogen-bond donors (Lipinski definition) is 2. The van der Waals surface area contributed by atoms with Crippen LogP contribution in [0.25, 0.3) is 34.3 Å². The molecule has 2 N–H and O–H groups in total. The molecule has 2 fully saturated rings. The number of aromatic nitrogens is 6. The number of Topliss-reactive ketones (excluding diaryl/α,β-unsaturated/α-hetero) is 2. The molecule has 0 aliphatic heterocycles. The van der Waals surface area contributed by atoms with Crippen LogP contribution in [0.2, 0.25) is 0 Å². The number of methoxy groups -OCH3 is 1. The number of allylic oxidation sites excluding steroid dienone is 2. The first-order chi connectivity index (χ1) is 48.7. The van der Waals surface area contributed by atoms with E-state index in [9.17, 15) is 55.5 Å². The molecule has 25 heteroatoms. The zero-order chi connectivity index (χ0) is 72.7. The third-order valence-electron chi connectivity index (χ3n) is 19.9. The van der Waals surface area contributed by atoms with Gasteiger partial charge < -0.3 is 33.7 Å². The van der Waals surface area contributed by atoms with Crippen LogP contribution in [-0.4, -0.2) is 71.7 Å². The number of nitrogens with one attached hydrogen (secondary N) is 2. The van der Waals surface area contributed by atoms with Crippen molar-refractivity contribution in [1.82, 2.24) is 28.5 Å². The first-order valence-electron chi connectivity index (χ1n) is 33.5. The van der Waals surface area contributed by atoms with E-state index in [1.165, 1.54) is 67.2 Å². The van der Waals surface area contributed by atoms with Gasteiger partial charge in [-0.25, -0.2) is 18.6 Å². The van der Waals surface area contributed by atoms with Crippen molar-refractivity contribution in [3.8, 4) is 11.4 Å². The van der Waals surface area contributed by atoms with Gasteiger partial charge in [-0.15, -0.1) is 0 Å². The number of ketones is 2. The minimum absolute atomic E-state index is 0.000227. The van der Waals surface area contributed by atoms with Crippen molar-refractivity contribution in [2.24, 2.45) is 24.3 Å². The topological polar surface area (TPSA) is 243 Å². The fourth-order valence-electron chi connectivity index (χ4n) is 14.7. The van der Waals surface area contributed by atoms with E-state index in [-0.39, 0.29) is 75.9 Å². The largest absolute Gasteiger partial charge is 0.487 e. The van der Waals surface area contributed by atoms with Gasteiger partial charge >= 0.3 is 17.8 Å². The number of benzene rings is 4. The predicted molar refractivity (Wildman–Crippen MR) is 371 cm³/mol. The van der Waals surface area contributed by atoms with Crippen LogP contribution in [0.1, 0.15) is 141 Å². The average molecular weight is 1400 g/mol. The SMILES string of the molecule is C=C1C2=C([C@H](OC(C)=O)C[C@]3(C)C(=O)CC[C@@H]23)[C@]2(C)c3c(coc31)C(=O)C[C@@H]2COC.CC(=O)Nc1cccc(-n2c(=O)n(C3CC3)c(=O)c3c(Nc4ccc(F)cc4F)n(C)c(=O)c(C)c32)c1.FC(F)(F)c1ccc(/C=C/c2nc(COc3ccc(CCCCn4cccn4)cc3)co2)cc1. The first-order valence-corrected chi connectivity index (χ1v) is 33.5. The number of carbonyl (C=O) groups is 4. The molecule has 20 nitrogen and oxygen atoms in total. The Morgan fingerprint density at radius 1 is 0.882 bits per heavy atom. The third-order valence-corrected chi connectivity index (χ3v) is 19.9. The molecule has 0 radical (unpaired) electrons. The summed E-state index contributed by atoms with van der Waals surface area (Å²) in [5, 5.41) is 9.64. The number of alkyl halides is 3. The van der Waals surface area contributed by atoms with E-state index < -0.39 is 57.1 Å². The number of nitrogens with zero attached hydrogens (tertiary/aromatic N) is 6. The minimum Gasteiger partial charge on any atom is -0.487 e. The summed E-state index contributed by atoms with van der Waals surface area (Å²) in [6.07, 6.45) is 11.6. The van der Waals surface area contributed by atoms with Crippen LogP contribution in [0.3, 0.4) is 0 Å². The summed E-state index contributed by atoms with van der Waals surface area (Å²) in [6.45, 7) is 14.3. The van der Waals surface area contributed by atoms with Gasteiger partial charge in [-0.05, 0) is 140 Å². The number of oxazole rings is 1. The van der Waals surface area contributed by atoms with Gasteiger partial charge in [-0.1, -0.05) is 50.8 Å². The summed E-state index contributed by atoms with van der Waals surface area (Å²) in [7, 11) is 3.06. The molecule has 102 heavy (non-hydrogen) atoms. The van der Waals surface area contributed by atoms with Crippen molar-refractivity contribution < 1.29 is 64.2 Å². The van der Waals surface area contributed by atoms with E-state index in [4.69, 9.17) is 23.0 Å². The van der Waals surface area contributed by atoms with Crippen molar-refractivity contribution in [3.05, 3.63) is 233 Å². The molecule has 5 aliphatic carbocycles. The molecule has 4 aromatic carbocycles. The van der Waals surface area contributed by atoms with Crippen molar-refractivity contribution in [2.75, 3.05) is 24.4 Å². The van der Waals surface area contributed by atoms with Gasteiger partial charge in [-0.3, -0.25) is 47.2 Å². The van der Waals surface area contributed by atoms with Crippen molar-refractivity contribution in [1.29, 1.82) is 0 Å². The van der Waals surface area contributed by atoms with Crippen LogP contribution in [0.15, 0.2) is 163 Å². The van der Waals surface area contributed by atoms with Gasteiger partial charge in [0.2, 0.25) is 11.8 Å². The Labute approximate surface area is 582 Å². The summed E-state index contributed by atoms with van der Waals surface area (Å²) >= 11 is 0. The molecule has 5 heterocycles. The van der Waals surface area contributed by atoms with Crippen molar-refractivity contribution in [3.63, 3.8) is 0 Å². The lowest BCUT2D eigenvalue weighted by Crippen LogP contribution is -2.53. The first kappa shape index (κ1) is 71.0. The van der Waals surface area contributed by atoms with Crippen LogP contribution < -0.4 is 32.2 Å². The lowest BCUT2D eigenvalue weighted by molar-refractivity contribution is -0.149. The number of amides is 1. The van der Waals surface area contributed by atoms with Crippen LogP contribution in [0.5, 0.6) is 5.75 Å². The molecule has 0 bridgehead atoms. The fraction of sp³-hybridized carbons (Fsp3) is 0.338. The Morgan fingerprint density at radius 2 is 1.64 bits per heavy atom. The van der Waals surface area contributed by atoms with Crippen LogP contribution in [-0.2, 0) is 62.1 Å². The molecule has 5 aromatic heterocycles. The zero-order valence-electron chi connectivity index (χ0n) is 57.2. The van der Waals surface area contributed by atoms with Crippen molar-refractivity contribution >= 4 is 69.3 Å². The zero-order valence-corrected chi connectivity index (χ0v) is 57.2. The van der Waals surface area contributed by atoms with Crippen LogP contribution >= 0.6 is 0 Å². The predicted octanol–water partition coefficient (Wildman–Crippen LogP) is 14.2. The molecule has 2 saturated carbocycles. The maximum absolute atomic E-state index is 14.6. The number of aryl methyl sites for hydroxylation is 3. The number of anilines is 3. The standard InChI is InChI=1S/C26H24F3N3O2.C26H23F2N5O4.C25H28O6/c27-26(28,29)22-10-5-21(6-11-22)9-14-25-31-23(19-34-25)18-33-24-12-7-20(8-13-24)4-1-2-16-32-17-3-15-30-32;1-13-22-21(23(31(3)24(13)35)30-20-10-7-15(27)11-19(20)28)25(36)33(17-8-9-17)26(37)32(22)18-6-4-5-16(12-18)29-14(2)34;1-12-20-16-6-7-19(28)24(16,3)9-18(31-13(2)26)22(20)25(4)14(10-29-5)8-17(27)15-11-30-23(12)21(15)25/h3,5-15,17,19H,1-2,4,16,18H2;4-7,10-12,17,30H,8-9H2,1-3H3,(H,29,34);11,14,16,18H,1,6-10H2,2-5H3/b14-9+;;/t;;14-,16+,18-,24+,25+/m..1/s1. The van der Waals surface area contributed by atoms with Gasteiger partial charge in [0, 0.05) is 124 Å². The number of esters is 1. The fourth-order valence-corrected chi connectivity index (χ4v) is 14.7. The van der Waals surface area contributed by atoms with Gasteiger partial charge in [0.25, 0.3) is 11.1 Å². The number of furan rings is 1. The van der Waals surface area contributed by atoms with Crippen LogP contribution in [0.4, 0.5) is 39.1 Å². The molecular formula is C77H75F5N8O12. The smallest absolute Gasteiger partial charge is 0.416 e. The molecular weight excluding hydrogens is 1320 g/mol. The Balaban J connectivity index is 0.000000145. The molecule has 530 valence electrons. The highest BCUT2D eigenvalue weighted by atomic mass is 19.4. The van der Waals surface area contributed by atoms with E-state index >= 15 is 0 Å². The number of hydrogen-bond acceptors (Lipinski definition) is 15. The number of unbranched alkanes of at least 4 members (excludes halogenated alkanes) is 1. The molecule has 14 rings (SSSR count). The summed E-state index contributed by atoms with van der Waals surface area (Å²) in [6, 6.07) is 23.8. The second-order valence-electron chi connectivity index (χ2n) is 26.7. The number of pyridine rings is 1. The summed E-state index contributed by atoms with van der Waals surface area (Å²) in [4.78, 5) is 94.7. The van der Waals surface area contributed by atoms with Crippen LogP contribution in [0, 0.1) is 35.8 Å². The minimum atomic E-state index is -4.35. The molecule has 0 saturated heterocycles. The number of fused-ring (bicyclic) bond motifs is 4. The lowest BCUT2D eigenvalue weighted by atomic mass is 9.50. The number of halogens is 5. The highest BCUT2D eigenvalue weighted by Crippen LogP contribution is 2.65. The highest BCUT2D eigenvalue weighted by Gasteiger charge is 2.62. The Morgan fingerprint density at radius 3 is 2.31 bits per heavy atom. The molecule has 0 spiro atoms. The average Bonchev–Trinajstić information content (AvgIpc) is 1.38. The Kier molecular flexibility index (Phi) is 20.0. The van der Waals surface area contributed by atoms with Gasteiger partial charge in [0.05, 0.1) is 34.6 Å². The highest BCUT2D eigenvalue weighted by molar-refractivity contribution is 6.03. The summed E-state index contributed by atoms with van der Waals surface area (Å²) in [5.74, 6) is -0.622. The monoisotopic (exact) mass is 1400 g/mol. The third kappa shape index (κ3) is 14.0. The number of ether oxygens (including phenoxy) is 3. The molecule has 5 aliphatic rings. The Hall–Kier alpha value is -10.8. The summed E-state index contributed by atoms with van der Waals surface area (Å²) < 4.78 is 100. The second-order valence-corrected chi connectivity index (χ2v) is 26.7. The second kappa shape index (κ2) is 28.7. The quantitative estimate of drug-likeness (QED) is 0.0461. The van der Waals surface area contributed by atoms with Gasteiger partial charge in [0.1, 0.15) is 71.1 Å². The summed E-state index contributed by atoms with van der Waals surface area (Å²) in [5.41, 5.74) is 3.69. The lowest BCUT2D eigenvalue weighted by Gasteiger charge is -2.53. The molecule has 1 amide bonds. The Bertz CT molecular complexity index is 5020. The van der Waals surface area contributed by atoms with Crippen molar-refractivity contribution in [2.45, 2.75) is 129 Å². The van der Waals surface area contributed by atoms with E-state index in [0.717, 1.165) is 83.5 Å². The maximum atomic E-state index is 14.6. The van der Waals surface area contributed by atoms with E-state index in [0.29, 0.717) is 90.2 Å². The maximum Gasteiger partial charge on any atom is 0.416 e. The molecule has 0 unspecified atom stereocenters. The number of rotatable bonds is 18. The van der Waals surface area contributed by atoms with Gasteiger partial charge in [0.15, 0.2) is 5.78 Å². The number of carbonyl (C=O) groups excluding carboxylic acids is 4. The van der Waals surface area contributed by atoms with E-state index in [2.05, 4.69) is 46.4 Å². The molecule has 5 atom stereocenters. The van der Waals surface area contributed by atoms with Gasteiger partial charge in [-0.2, -0.15) is 18.3 Å². The van der Waals surface area contributed by atoms with E-state index in [1.54, 1.807) is 49.7 Å². The molecule has 9 aromatic rings. The normalized spacial score (nSPS) is 19.7.